The zero-order valence-electron chi connectivity index (χ0n) is 16.7. The van der Waals surface area contributed by atoms with Crippen LogP contribution in [-0.4, -0.2) is 93.1 Å². The highest BCUT2D eigenvalue weighted by Gasteiger charge is 2.58. The second kappa shape index (κ2) is 6.57. The summed E-state index contributed by atoms with van der Waals surface area (Å²) in [5.41, 5.74) is 1.23. The Morgan fingerprint density at radius 1 is 1.15 bits per heavy atom. The summed E-state index contributed by atoms with van der Waals surface area (Å²) in [6.07, 6.45) is 8.60. The number of carbonyl (C=O) groups excluding carboxylic acids is 1. The van der Waals surface area contributed by atoms with Gasteiger partial charge in [0.1, 0.15) is 6.04 Å². The Bertz CT molecular complexity index is 705. The zero-order valence-corrected chi connectivity index (χ0v) is 16.7. The van der Waals surface area contributed by atoms with Gasteiger partial charge < -0.3 is 14.4 Å². The average Bonchev–Trinajstić information content (AvgIpc) is 3.37. The van der Waals surface area contributed by atoms with Crippen LogP contribution in [0.4, 0.5) is 0 Å². The van der Waals surface area contributed by atoms with E-state index in [1.165, 1.54) is 18.5 Å². The minimum Gasteiger partial charge on any atom is -0.337 e. The lowest BCUT2D eigenvalue weighted by Crippen LogP contribution is -2.63. The van der Waals surface area contributed by atoms with Gasteiger partial charge in [-0.2, -0.15) is 0 Å². The predicted molar refractivity (Wildman–Crippen MR) is 103 cm³/mol. The van der Waals surface area contributed by atoms with Crippen LogP contribution in [-0.2, 0) is 18.4 Å². The second-order valence-electron chi connectivity index (χ2n) is 9.12. The molecule has 7 nitrogen and oxygen atoms in total. The number of hydrogen-bond acceptors (Lipinski definition) is 5. The van der Waals surface area contributed by atoms with E-state index in [2.05, 4.69) is 43.2 Å². The Balaban J connectivity index is 1.34. The molecule has 0 unspecified atom stereocenters. The lowest BCUT2D eigenvalue weighted by Gasteiger charge is -2.51. The van der Waals surface area contributed by atoms with E-state index in [4.69, 9.17) is 0 Å². The summed E-state index contributed by atoms with van der Waals surface area (Å²) < 4.78 is 2.11. The van der Waals surface area contributed by atoms with E-state index in [1.807, 2.05) is 12.5 Å². The minimum atomic E-state index is -0.0332. The van der Waals surface area contributed by atoms with Gasteiger partial charge in [0, 0.05) is 59.1 Å². The quantitative estimate of drug-likeness (QED) is 0.774. The normalized spacial score (nSPS) is 29.6. The van der Waals surface area contributed by atoms with Gasteiger partial charge in [-0.1, -0.05) is 0 Å². The Morgan fingerprint density at radius 3 is 2.59 bits per heavy atom. The average molecular weight is 373 g/mol. The van der Waals surface area contributed by atoms with Crippen LogP contribution in [0, 0.1) is 5.92 Å². The predicted octanol–water partition coefficient (Wildman–Crippen LogP) is 0.580. The number of nitrogens with zero attached hydrogens (tertiary/aromatic N) is 6. The van der Waals surface area contributed by atoms with Gasteiger partial charge >= 0.3 is 0 Å². The zero-order chi connectivity index (χ0) is 18.6. The third-order valence-corrected chi connectivity index (χ3v) is 7.27. The first-order valence-corrected chi connectivity index (χ1v) is 10.5. The first-order chi connectivity index (χ1) is 13.1. The van der Waals surface area contributed by atoms with E-state index in [1.54, 1.807) is 0 Å². The number of carbonyl (C=O) groups is 1. The van der Waals surface area contributed by atoms with E-state index >= 15 is 0 Å². The number of rotatable bonds is 4. The van der Waals surface area contributed by atoms with Crippen LogP contribution < -0.4 is 0 Å². The van der Waals surface area contributed by atoms with Gasteiger partial charge in [0.05, 0.1) is 17.7 Å². The maximum Gasteiger partial charge on any atom is 0.242 e. The Hall–Kier alpha value is -1.44. The summed E-state index contributed by atoms with van der Waals surface area (Å²) in [7, 11) is 4.22. The highest BCUT2D eigenvalue weighted by molar-refractivity contribution is 5.85. The number of fused-ring (bicyclic) bond motifs is 2. The first-order valence-electron chi connectivity index (χ1n) is 10.5. The number of amides is 1. The molecule has 1 atom stereocenters. The molecule has 4 heterocycles. The highest BCUT2D eigenvalue weighted by Crippen LogP contribution is 2.44. The number of piperazine rings is 1. The van der Waals surface area contributed by atoms with Gasteiger partial charge in [-0.15, -0.1) is 0 Å². The SMILES string of the molecule is CN1CCN2[C@H](C1)C(=O)N(CC1CC1)C21CCN(Cc2cncn2C)CC1. The molecule has 1 aromatic rings. The van der Waals surface area contributed by atoms with Crippen molar-refractivity contribution in [2.24, 2.45) is 13.0 Å². The van der Waals surface area contributed by atoms with Gasteiger partial charge in [0.25, 0.3) is 0 Å². The highest BCUT2D eigenvalue weighted by atomic mass is 16.2. The summed E-state index contributed by atoms with van der Waals surface area (Å²) in [6, 6.07) is 0.0751. The van der Waals surface area contributed by atoms with E-state index in [0.717, 1.165) is 64.6 Å². The van der Waals surface area contributed by atoms with E-state index < -0.39 is 0 Å². The molecule has 3 aliphatic heterocycles. The fraction of sp³-hybridized carbons (Fsp3) is 0.800. The topological polar surface area (TPSA) is 47.9 Å². The van der Waals surface area contributed by atoms with Crippen molar-refractivity contribution in [2.45, 2.75) is 43.9 Å². The number of likely N-dealkylation sites (tertiary alicyclic amines) is 1. The van der Waals surface area contributed by atoms with Crippen LogP contribution in [0.2, 0.25) is 0 Å². The molecule has 1 amide bonds. The Labute approximate surface area is 161 Å². The van der Waals surface area contributed by atoms with Crippen LogP contribution in [0.5, 0.6) is 0 Å². The fourth-order valence-electron chi connectivity index (χ4n) is 5.38. The lowest BCUT2D eigenvalue weighted by atomic mass is 9.93. The molecule has 0 N–H and O–H groups in total. The maximum atomic E-state index is 13.3. The summed E-state index contributed by atoms with van der Waals surface area (Å²) in [4.78, 5) is 27.3. The lowest BCUT2D eigenvalue weighted by molar-refractivity contribution is -0.134. The summed E-state index contributed by atoms with van der Waals surface area (Å²) in [5, 5.41) is 0. The van der Waals surface area contributed by atoms with Gasteiger partial charge in [0.15, 0.2) is 0 Å². The van der Waals surface area contributed by atoms with Crippen molar-refractivity contribution in [3.8, 4) is 0 Å². The van der Waals surface area contributed by atoms with Crippen LogP contribution in [0.25, 0.3) is 0 Å². The van der Waals surface area contributed by atoms with Crippen LogP contribution in [0.3, 0.4) is 0 Å². The first kappa shape index (κ1) is 17.6. The Kier molecular flexibility index (Phi) is 4.29. The minimum absolute atomic E-state index is 0.0332. The van der Waals surface area contributed by atoms with Crippen molar-refractivity contribution in [3.63, 3.8) is 0 Å². The molecule has 0 radical (unpaired) electrons. The summed E-state index contributed by atoms with van der Waals surface area (Å²) in [6.45, 7) is 7.03. The van der Waals surface area contributed by atoms with Crippen molar-refractivity contribution in [1.29, 1.82) is 0 Å². The molecular weight excluding hydrogens is 340 g/mol. The monoisotopic (exact) mass is 372 g/mol. The smallest absolute Gasteiger partial charge is 0.242 e. The molecule has 4 aliphatic rings. The molecule has 4 fully saturated rings. The van der Waals surface area contributed by atoms with Gasteiger partial charge in [-0.05, 0) is 38.6 Å². The standard InChI is InChI=1S/C20H32N6O/c1-22-9-10-25-18(14-22)19(27)26(12-16-3-4-16)20(25)5-7-24(8-6-20)13-17-11-21-15-23(17)2/h11,15-16,18H,3-10,12-14H2,1-2H3/t18-/m1/s1. The summed E-state index contributed by atoms with van der Waals surface area (Å²) >= 11 is 0. The largest absolute Gasteiger partial charge is 0.337 e. The molecule has 0 aromatic carbocycles. The molecule has 1 aliphatic carbocycles. The van der Waals surface area contributed by atoms with E-state index in [9.17, 15) is 4.79 Å². The second-order valence-corrected chi connectivity index (χ2v) is 9.12. The van der Waals surface area contributed by atoms with Crippen LogP contribution in [0.1, 0.15) is 31.4 Å². The molecular formula is C20H32N6O. The number of aromatic nitrogens is 2. The van der Waals surface area contributed by atoms with Crippen molar-refractivity contribution < 1.29 is 4.79 Å². The number of piperidine rings is 1. The van der Waals surface area contributed by atoms with Crippen LogP contribution in [0.15, 0.2) is 12.5 Å². The van der Waals surface area contributed by atoms with E-state index in [-0.39, 0.29) is 11.7 Å². The van der Waals surface area contributed by atoms with Gasteiger partial charge in [-0.25, -0.2) is 4.98 Å². The van der Waals surface area contributed by atoms with Crippen molar-refractivity contribution >= 4 is 5.91 Å². The molecule has 1 aromatic heterocycles. The molecule has 5 rings (SSSR count). The molecule has 148 valence electrons. The molecule has 1 spiro atoms. The van der Waals surface area contributed by atoms with Gasteiger partial charge in [0.2, 0.25) is 5.91 Å². The van der Waals surface area contributed by atoms with Gasteiger partial charge in [-0.3, -0.25) is 14.6 Å². The third kappa shape index (κ3) is 3.00. The molecule has 0 bridgehead atoms. The molecule has 3 saturated heterocycles. The van der Waals surface area contributed by atoms with Crippen molar-refractivity contribution in [3.05, 3.63) is 18.2 Å². The molecule has 1 saturated carbocycles. The maximum absolute atomic E-state index is 13.3. The molecule has 7 heteroatoms. The third-order valence-electron chi connectivity index (χ3n) is 7.27. The molecule has 27 heavy (non-hydrogen) atoms. The number of aryl methyl sites for hydroxylation is 1. The van der Waals surface area contributed by atoms with Crippen LogP contribution >= 0.6 is 0 Å². The number of imidazole rings is 1. The van der Waals surface area contributed by atoms with E-state index in [0.29, 0.717) is 5.91 Å². The Morgan fingerprint density at radius 2 is 1.93 bits per heavy atom. The number of likely N-dealkylation sites (N-methyl/N-ethyl adjacent to an activating group) is 1. The van der Waals surface area contributed by atoms with Crippen molar-refractivity contribution in [2.75, 3.05) is 46.3 Å². The fourth-order valence-corrected chi connectivity index (χ4v) is 5.38. The van der Waals surface area contributed by atoms with Crippen molar-refractivity contribution in [1.82, 2.24) is 29.2 Å². The number of hydrogen-bond donors (Lipinski definition) is 0. The summed E-state index contributed by atoms with van der Waals surface area (Å²) in [5.74, 6) is 1.14.